The zero-order valence-electron chi connectivity index (χ0n) is 10.6. The van der Waals surface area contributed by atoms with Crippen LogP contribution in [0.2, 0.25) is 0 Å². The molecule has 17 heavy (non-hydrogen) atoms. The molecule has 1 fully saturated rings. The average molecular weight is 229 g/mol. The summed E-state index contributed by atoms with van der Waals surface area (Å²) in [6, 6.07) is 8.80. The quantitative estimate of drug-likeness (QED) is 0.826. The molecule has 1 aromatic carbocycles. The molecule has 2 aliphatic rings. The van der Waals surface area contributed by atoms with Crippen LogP contribution in [0.1, 0.15) is 49.7 Å². The second kappa shape index (κ2) is 4.45. The number of hydrogen-bond donors (Lipinski definition) is 1. The molecule has 0 bridgehead atoms. The number of fused-ring (bicyclic) bond motifs is 1. The van der Waals surface area contributed by atoms with E-state index in [2.05, 4.69) is 24.3 Å². The highest BCUT2D eigenvalue weighted by Gasteiger charge is 2.35. The lowest BCUT2D eigenvalue weighted by molar-refractivity contribution is 0.263. The zero-order valence-corrected chi connectivity index (χ0v) is 10.6. The smallest absolute Gasteiger partial charge is 0.0238 e. The standard InChI is InChI=1S/C16H23N/c17-16(10-13-6-2-1-3-7-13)11-14-8-4-5-9-15(14)12-16/h4-5,8-9,13H,1-3,6-7,10-12,17H2. The summed E-state index contributed by atoms with van der Waals surface area (Å²) in [5, 5.41) is 0. The Balaban J connectivity index is 1.68. The molecule has 0 radical (unpaired) electrons. The third-order valence-electron chi connectivity index (χ3n) is 4.62. The van der Waals surface area contributed by atoms with E-state index in [1.807, 2.05) is 0 Å². The van der Waals surface area contributed by atoms with Crippen molar-refractivity contribution in [1.29, 1.82) is 0 Å². The first-order chi connectivity index (χ1) is 8.25. The van der Waals surface area contributed by atoms with E-state index in [0.29, 0.717) is 0 Å². The average Bonchev–Trinajstić information content (AvgIpc) is 2.66. The van der Waals surface area contributed by atoms with Crippen molar-refractivity contribution in [3.63, 3.8) is 0 Å². The van der Waals surface area contributed by atoms with Crippen molar-refractivity contribution in [2.24, 2.45) is 11.7 Å². The molecule has 2 aliphatic carbocycles. The van der Waals surface area contributed by atoms with Gasteiger partial charge in [0, 0.05) is 5.54 Å². The van der Waals surface area contributed by atoms with Crippen molar-refractivity contribution < 1.29 is 0 Å². The topological polar surface area (TPSA) is 26.0 Å². The maximum absolute atomic E-state index is 6.64. The van der Waals surface area contributed by atoms with Crippen LogP contribution >= 0.6 is 0 Å². The molecule has 2 N–H and O–H groups in total. The van der Waals surface area contributed by atoms with Gasteiger partial charge in [-0.05, 0) is 36.3 Å². The van der Waals surface area contributed by atoms with Crippen LogP contribution in [0.5, 0.6) is 0 Å². The van der Waals surface area contributed by atoms with Crippen molar-refractivity contribution in [2.45, 2.75) is 56.9 Å². The molecule has 1 nitrogen and oxygen atoms in total. The molecule has 3 rings (SSSR count). The Labute approximate surface area is 104 Å². The van der Waals surface area contributed by atoms with Crippen molar-refractivity contribution >= 4 is 0 Å². The van der Waals surface area contributed by atoms with Crippen molar-refractivity contribution in [3.05, 3.63) is 35.4 Å². The fourth-order valence-electron chi connectivity index (χ4n) is 3.83. The van der Waals surface area contributed by atoms with E-state index in [-0.39, 0.29) is 5.54 Å². The first-order valence-electron chi connectivity index (χ1n) is 7.11. The van der Waals surface area contributed by atoms with E-state index < -0.39 is 0 Å². The Hall–Kier alpha value is -0.820. The predicted molar refractivity (Wildman–Crippen MR) is 72.0 cm³/mol. The lowest BCUT2D eigenvalue weighted by atomic mass is 9.78. The van der Waals surface area contributed by atoms with Crippen LogP contribution < -0.4 is 5.73 Å². The molecule has 0 atom stereocenters. The van der Waals surface area contributed by atoms with Crippen molar-refractivity contribution in [1.82, 2.24) is 0 Å². The minimum absolute atomic E-state index is 0.0612. The molecule has 0 aromatic heterocycles. The van der Waals surface area contributed by atoms with Gasteiger partial charge in [0.1, 0.15) is 0 Å². The summed E-state index contributed by atoms with van der Waals surface area (Å²) < 4.78 is 0. The highest BCUT2D eigenvalue weighted by molar-refractivity contribution is 5.36. The summed E-state index contributed by atoms with van der Waals surface area (Å²) in [6.45, 7) is 0. The summed E-state index contributed by atoms with van der Waals surface area (Å²) in [4.78, 5) is 0. The molecule has 1 heteroatoms. The highest BCUT2D eigenvalue weighted by Crippen LogP contribution is 2.36. The summed E-state index contributed by atoms with van der Waals surface area (Å²) in [5.74, 6) is 0.892. The largest absolute Gasteiger partial charge is 0.324 e. The Morgan fingerprint density at radius 2 is 1.59 bits per heavy atom. The summed E-state index contributed by atoms with van der Waals surface area (Å²) >= 11 is 0. The van der Waals surface area contributed by atoms with E-state index in [9.17, 15) is 0 Å². The molecule has 1 aromatic rings. The van der Waals surface area contributed by atoms with Crippen molar-refractivity contribution in [3.8, 4) is 0 Å². The maximum Gasteiger partial charge on any atom is 0.0238 e. The van der Waals surface area contributed by atoms with Gasteiger partial charge in [-0.1, -0.05) is 56.4 Å². The van der Waals surface area contributed by atoms with Gasteiger partial charge in [-0.2, -0.15) is 0 Å². The minimum atomic E-state index is 0.0612. The van der Waals surface area contributed by atoms with Gasteiger partial charge in [0.25, 0.3) is 0 Å². The Bertz CT molecular complexity index is 365. The predicted octanol–water partition coefficient (Wildman–Crippen LogP) is 3.45. The van der Waals surface area contributed by atoms with E-state index in [4.69, 9.17) is 5.73 Å². The van der Waals surface area contributed by atoms with E-state index in [0.717, 1.165) is 18.8 Å². The first-order valence-corrected chi connectivity index (χ1v) is 7.11. The molecular weight excluding hydrogens is 206 g/mol. The summed E-state index contributed by atoms with van der Waals surface area (Å²) in [6.07, 6.45) is 10.5. The monoisotopic (exact) mass is 229 g/mol. The molecule has 0 unspecified atom stereocenters. The van der Waals surface area contributed by atoms with Crippen LogP contribution in [-0.2, 0) is 12.8 Å². The normalized spacial score (nSPS) is 23.6. The number of rotatable bonds is 2. The summed E-state index contributed by atoms with van der Waals surface area (Å²) in [7, 11) is 0. The van der Waals surface area contributed by atoms with Gasteiger partial charge in [0.15, 0.2) is 0 Å². The fourth-order valence-corrected chi connectivity index (χ4v) is 3.83. The Kier molecular flexibility index (Phi) is 2.96. The van der Waals surface area contributed by atoms with E-state index in [1.54, 1.807) is 0 Å². The molecule has 0 amide bonds. The van der Waals surface area contributed by atoms with Crippen LogP contribution in [0.4, 0.5) is 0 Å². The summed E-state index contributed by atoms with van der Waals surface area (Å²) in [5.41, 5.74) is 9.68. The van der Waals surface area contributed by atoms with E-state index >= 15 is 0 Å². The van der Waals surface area contributed by atoms with Gasteiger partial charge in [-0.3, -0.25) is 0 Å². The lowest BCUT2D eigenvalue weighted by Crippen LogP contribution is -2.42. The second-order valence-electron chi connectivity index (χ2n) is 6.19. The number of benzene rings is 1. The van der Waals surface area contributed by atoms with Crippen LogP contribution in [0.25, 0.3) is 0 Å². The van der Waals surface area contributed by atoms with Gasteiger partial charge < -0.3 is 5.73 Å². The van der Waals surface area contributed by atoms with Gasteiger partial charge in [0.2, 0.25) is 0 Å². The van der Waals surface area contributed by atoms with E-state index in [1.165, 1.54) is 49.7 Å². The fraction of sp³-hybridized carbons (Fsp3) is 0.625. The third-order valence-corrected chi connectivity index (χ3v) is 4.62. The van der Waals surface area contributed by atoms with Gasteiger partial charge >= 0.3 is 0 Å². The zero-order chi connectivity index (χ0) is 11.7. The van der Waals surface area contributed by atoms with Crippen LogP contribution in [0.15, 0.2) is 24.3 Å². The Morgan fingerprint density at radius 3 is 2.18 bits per heavy atom. The van der Waals surface area contributed by atoms with Gasteiger partial charge in [-0.25, -0.2) is 0 Å². The number of nitrogens with two attached hydrogens (primary N) is 1. The molecule has 92 valence electrons. The SMILES string of the molecule is NC1(CC2CCCCC2)Cc2ccccc2C1. The lowest BCUT2D eigenvalue weighted by Gasteiger charge is -2.31. The van der Waals surface area contributed by atoms with Gasteiger partial charge in [0.05, 0.1) is 0 Å². The van der Waals surface area contributed by atoms with Crippen molar-refractivity contribution in [2.75, 3.05) is 0 Å². The minimum Gasteiger partial charge on any atom is -0.324 e. The number of hydrogen-bond acceptors (Lipinski definition) is 1. The first kappa shape index (κ1) is 11.3. The highest BCUT2D eigenvalue weighted by atomic mass is 14.8. The van der Waals surface area contributed by atoms with Crippen LogP contribution in [0.3, 0.4) is 0 Å². The Morgan fingerprint density at radius 1 is 1.00 bits per heavy atom. The molecule has 0 aliphatic heterocycles. The maximum atomic E-state index is 6.64. The van der Waals surface area contributed by atoms with Gasteiger partial charge in [-0.15, -0.1) is 0 Å². The molecule has 0 spiro atoms. The van der Waals surface area contributed by atoms with Crippen LogP contribution in [-0.4, -0.2) is 5.54 Å². The molecule has 0 heterocycles. The molecule has 1 saturated carbocycles. The molecular formula is C16H23N. The molecule has 0 saturated heterocycles. The second-order valence-corrected chi connectivity index (χ2v) is 6.19. The third kappa shape index (κ3) is 2.40. The van der Waals surface area contributed by atoms with Crippen LogP contribution in [0, 0.1) is 5.92 Å².